The second kappa shape index (κ2) is 5.46. The summed E-state index contributed by atoms with van der Waals surface area (Å²) in [6.07, 6.45) is -1.19. The average molecular weight is 200 g/mol. The molecule has 1 aliphatic heterocycles. The van der Waals surface area contributed by atoms with Crippen LogP contribution in [0.1, 0.15) is 6.92 Å². The zero-order valence-electron chi connectivity index (χ0n) is 8.74. The third-order valence-corrected chi connectivity index (χ3v) is 2.41. The van der Waals surface area contributed by atoms with Crippen molar-refractivity contribution in [1.82, 2.24) is 10.2 Å². The molecule has 1 aliphatic rings. The topological polar surface area (TPSA) is 55.7 Å². The lowest BCUT2D eigenvalue weighted by Crippen LogP contribution is -2.28. The fourth-order valence-corrected chi connectivity index (χ4v) is 1.65. The van der Waals surface area contributed by atoms with Crippen molar-refractivity contribution in [1.29, 1.82) is 0 Å². The second-order valence-corrected chi connectivity index (χ2v) is 3.86. The second-order valence-electron chi connectivity index (χ2n) is 3.86. The lowest BCUT2D eigenvalue weighted by atomic mass is 10.3. The average Bonchev–Trinajstić information content (AvgIpc) is 2.42. The van der Waals surface area contributed by atoms with E-state index in [0.717, 1.165) is 25.2 Å². The molecule has 4 nitrogen and oxygen atoms in total. The Hall–Kier alpha value is -0.420. The van der Waals surface area contributed by atoms with Crippen LogP contribution in [0.2, 0.25) is 0 Å². The number of β-amino-alcohol motifs (C(OH)–C–C–N with tert-alkyl or cyclic N) is 2. The Balaban J connectivity index is 2.21. The first-order valence-electron chi connectivity index (χ1n) is 5.09. The Bertz CT molecular complexity index is 187. The number of likely N-dealkylation sites (tertiary alicyclic amines) is 1. The molecule has 14 heavy (non-hydrogen) atoms. The van der Waals surface area contributed by atoms with E-state index < -0.39 is 12.2 Å². The Morgan fingerprint density at radius 1 is 1.43 bits per heavy atom. The minimum absolute atomic E-state index is 0.548. The van der Waals surface area contributed by atoms with E-state index in [9.17, 15) is 10.2 Å². The summed E-state index contributed by atoms with van der Waals surface area (Å²) in [5.74, 6) is 0. The van der Waals surface area contributed by atoms with Gasteiger partial charge in [0.2, 0.25) is 0 Å². The summed E-state index contributed by atoms with van der Waals surface area (Å²) in [5, 5.41) is 21.8. The molecule has 1 rings (SSSR count). The number of hydrogen-bond donors (Lipinski definition) is 3. The van der Waals surface area contributed by atoms with Crippen LogP contribution in [-0.4, -0.2) is 60.0 Å². The molecule has 2 atom stereocenters. The van der Waals surface area contributed by atoms with Gasteiger partial charge in [-0.3, -0.25) is 4.90 Å². The van der Waals surface area contributed by atoms with Crippen molar-refractivity contribution in [3.05, 3.63) is 12.2 Å². The first kappa shape index (κ1) is 11.7. The predicted octanol–water partition coefficient (Wildman–Crippen LogP) is -0.810. The molecule has 1 heterocycles. The van der Waals surface area contributed by atoms with Crippen LogP contribution in [-0.2, 0) is 0 Å². The Labute approximate surface area is 85.2 Å². The normalized spacial score (nSPS) is 28.2. The number of likely N-dealkylation sites (N-methyl/N-ethyl adjacent to an activating group) is 1. The molecule has 1 saturated heterocycles. The smallest absolute Gasteiger partial charge is 0.0938 e. The zero-order valence-corrected chi connectivity index (χ0v) is 8.74. The number of nitrogens with zero attached hydrogens (tertiary/aromatic N) is 1. The first-order valence-corrected chi connectivity index (χ1v) is 5.09. The molecule has 82 valence electrons. The van der Waals surface area contributed by atoms with E-state index in [1.165, 1.54) is 0 Å². The highest BCUT2D eigenvalue weighted by atomic mass is 16.3. The minimum atomic E-state index is -0.595. The van der Waals surface area contributed by atoms with E-state index in [-0.39, 0.29) is 0 Å². The van der Waals surface area contributed by atoms with E-state index in [0.29, 0.717) is 13.1 Å². The van der Waals surface area contributed by atoms with Crippen molar-refractivity contribution in [3.8, 4) is 0 Å². The summed E-state index contributed by atoms with van der Waals surface area (Å²) in [4.78, 5) is 2.02. The van der Waals surface area contributed by atoms with Crippen LogP contribution in [0, 0.1) is 0 Å². The summed E-state index contributed by atoms with van der Waals surface area (Å²) in [5.41, 5.74) is 1.09. The van der Waals surface area contributed by atoms with Crippen LogP contribution in [0.25, 0.3) is 0 Å². The van der Waals surface area contributed by atoms with E-state index >= 15 is 0 Å². The highest BCUT2D eigenvalue weighted by Gasteiger charge is 2.29. The minimum Gasteiger partial charge on any atom is -0.389 e. The summed E-state index contributed by atoms with van der Waals surface area (Å²) >= 11 is 0. The maximum Gasteiger partial charge on any atom is 0.0938 e. The van der Waals surface area contributed by atoms with Gasteiger partial charge in [-0.05, 0) is 12.1 Å². The van der Waals surface area contributed by atoms with Crippen LogP contribution in [0.3, 0.4) is 0 Å². The molecule has 1 fully saturated rings. The SMILES string of the molecule is C=C(CNCC)CN1CC(O)C(O)C1. The Kier molecular flexibility index (Phi) is 4.54. The summed E-state index contributed by atoms with van der Waals surface area (Å²) < 4.78 is 0. The van der Waals surface area contributed by atoms with Gasteiger partial charge in [-0.2, -0.15) is 0 Å². The highest BCUT2D eigenvalue weighted by Crippen LogP contribution is 2.10. The number of rotatable bonds is 5. The fraction of sp³-hybridized carbons (Fsp3) is 0.800. The summed E-state index contributed by atoms with van der Waals surface area (Å²) in [7, 11) is 0. The molecule has 0 amide bonds. The number of aliphatic hydroxyl groups excluding tert-OH is 2. The van der Waals surface area contributed by atoms with Crippen LogP contribution in [0.5, 0.6) is 0 Å². The van der Waals surface area contributed by atoms with Gasteiger partial charge in [0.1, 0.15) is 0 Å². The third kappa shape index (κ3) is 3.38. The molecule has 0 spiro atoms. The Morgan fingerprint density at radius 3 is 2.50 bits per heavy atom. The van der Waals surface area contributed by atoms with Crippen molar-refractivity contribution in [3.63, 3.8) is 0 Å². The molecule has 0 aromatic heterocycles. The van der Waals surface area contributed by atoms with Gasteiger partial charge >= 0.3 is 0 Å². The van der Waals surface area contributed by atoms with E-state index in [1.807, 2.05) is 4.90 Å². The molecule has 0 aromatic rings. The molecule has 0 saturated carbocycles. The van der Waals surface area contributed by atoms with Crippen LogP contribution in [0.4, 0.5) is 0 Å². The van der Waals surface area contributed by atoms with Crippen molar-refractivity contribution in [2.24, 2.45) is 0 Å². The lowest BCUT2D eigenvalue weighted by Gasteiger charge is -2.16. The van der Waals surface area contributed by atoms with E-state index in [4.69, 9.17) is 0 Å². The summed E-state index contributed by atoms with van der Waals surface area (Å²) in [6.45, 7) is 9.58. The van der Waals surface area contributed by atoms with Crippen molar-refractivity contribution < 1.29 is 10.2 Å². The quantitative estimate of drug-likeness (QED) is 0.508. The number of hydrogen-bond acceptors (Lipinski definition) is 4. The van der Waals surface area contributed by atoms with Gasteiger partial charge in [0.25, 0.3) is 0 Å². The van der Waals surface area contributed by atoms with Crippen LogP contribution in [0.15, 0.2) is 12.2 Å². The number of nitrogens with one attached hydrogen (secondary N) is 1. The molecule has 0 radical (unpaired) electrons. The van der Waals surface area contributed by atoms with Gasteiger partial charge in [0.05, 0.1) is 12.2 Å². The molecular weight excluding hydrogens is 180 g/mol. The first-order chi connectivity index (χ1) is 6.63. The molecule has 4 heteroatoms. The molecule has 3 N–H and O–H groups in total. The fourth-order valence-electron chi connectivity index (χ4n) is 1.65. The van der Waals surface area contributed by atoms with Gasteiger partial charge in [-0.15, -0.1) is 0 Å². The highest BCUT2D eigenvalue weighted by molar-refractivity contribution is 5.01. The van der Waals surface area contributed by atoms with Crippen molar-refractivity contribution in [2.75, 3.05) is 32.7 Å². The summed E-state index contributed by atoms with van der Waals surface area (Å²) in [6, 6.07) is 0. The largest absolute Gasteiger partial charge is 0.389 e. The monoisotopic (exact) mass is 200 g/mol. The van der Waals surface area contributed by atoms with Gasteiger partial charge in [-0.25, -0.2) is 0 Å². The Morgan fingerprint density at radius 2 is 2.00 bits per heavy atom. The lowest BCUT2D eigenvalue weighted by molar-refractivity contribution is 0.0572. The van der Waals surface area contributed by atoms with Gasteiger partial charge in [0.15, 0.2) is 0 Å². The van der Waals surface area contributed by atoms with Crippen LogP contribution >= 0.6 is 0 Å². The maximum absolute atomic E-state index is 9.32. The van der Waals surface area contributed by atoms with Gasteiger partial charge in [0, 0.05) is 26.2 Å². The van der Waals surface area contributed by atoms with Crippen LogP contribution < -0.4 is 5.32 Å². The third-order valence-electron chi connectivity index (χ3n) is 2.41. The zero-order chi connectivity index (χ0) is 10.6. The molecule has 2 unspecified atom stereocenters. The van der Waals surface area contributed by atoms with Gasteiger partial charge in [-0.1, -0.05) is 13.5 Å². The van der Waals surface area contributed by atoms with E-state index in [1.54, 1.807) is 0 Å². The molecule has 0 bridgehead atoms. The maximum atomic E-state index is 9.32. The van der Waals surface area contributed by atoms with Gasteiger partial charge < -0.3 is 15.5 Å². The molecule has 0 aromatic carbocycles. The van der Waals surface area contributed by atoms with Crippen molar-refractivity contribution in [2.45, 2.75) is 19.1 Å². The standard InChI is InChI=1S/C10H20N2O2/c1-3-11-4-8(2)5-12-6-9(13)10(14)7-12/h9-11,13-14H,2-7H2,1H3. The predicted molar refractivity (Wildman–Crippen MR) is 56.1 cm³/mol. The van der Waals surface area contributed by atoms with E-state index in [2.05, 4.69) is 18.8 Å². The molecular formula is C10H20N2O2. The van der Waals surface area contributed by atoms with Crippen molar-refractivity contribution >= 4 is 0 Å². The molecule has 0 aliphatic carbocycles. The number of aliphatic hydroxyl groups is 2.